The van der Waals surface area contributed by atoms with Gasteiger partial charge in [-0.25, -0.2) is 0 Å². The average molecular weight is 265 g/mol. The van der Waals surface area contributed by atoms with Crippen LogP contribution in [0.15, 0.2) is 0 Å². The fraction of sp³-hybridized carbons (Fsp3) is 0.786. The molecule has 0 amide bonds. The van der Waals surface area contributed by atoms with E-state index in [1.54, 1.807) is 0 Å². The van der Waals surface area contributed by atoms with Crippen molar-refractivity contribution in [3.8, 4) is 0 Å². The van der Waals surface area contributed by atoms with Gasteiger partial charge in [-0.15, -0.1) is 0 Å². The zero-order valence-electron chi connectivity index (χ0n) is 12.9. The van der Waals surface area contributed by atoms with Gasteiger partial charge >= 0.3 is 0 Å². The van der Waals surface area contributed by atoms with Crippen LogP contribution >= 0.6 is 0 Å². The van der Waals surface area contributed by atoms with Crippen molar-refractivity contribution in [1.29, 1.82) is 0 Å². The van der Waals surface area contributed by atoms with Gasteiger partial charge in [-0.2, -0.15) is 5.10 Å². The lowest BCUT2D eigenvalue weighted by molar-refractivity contribution is 0.226. The summed E-state index contributed by atoms with van der Waals surface area (Å²) in [6.45, 7) is 5.38. The predicted molar refractivity (Wildman–Crippen MR) is 79.6 cm³/mol. The second-order valence-electron chi connectivity index (χ2n) is 5.89. The Balaban J connectivity index is 2.03. The lowest BCUT2D eigenvalue weighted by Gasteiger charge is -2.30. The smallest absolute Gasteiger partial charge is 0.130 e. The van der Waals surface area contributed by atoms with E-state index in [4.69, 9.17) is 0 Å². The highest BCUT2D eigenvalue weighted by atomic mass is 15.4. The van der Waals surface area contributed by atoms with Crippen molar-refractivity contribution in [3.63, 3.8) is 0 Å². The number of aryl methyl sites for hydroxylation is 2. The molecule has 5 heteroatoms. The summed E-state index contributed by atoms with van der Waals surface area (Å²) in [6.07, 6.45) is 2.57. The molecule has 1 aromatic rings. The van der Waals surface area contributed by atoms with Gasteiger partial charge in [-0.1, -0.05) is 0 Å². The lowest BCUT2D eigenvalue weighted by atomic mass is 10.1. The van der Waals surface area contributed by atoms with Gasteiger partial charge in [0.25, 0.3) is 0 Å². The van der Waals surface area contributed by atoms with E-state index in [0.717, 1.165) is 18.8 Å². The molecule has 2 heterocycles. The van der Waals surface area contributed by atoms with Gasteiger partial charge < -0.3 is 15.1 Å². The van der Waals surface area contributed by atoms with Crippen LogP contribution in [-0.4, -0.2) is 55.0 Å². The maximum Gasteiger partial charge on any atom is 0.130 e. The standard InChI is InChI=1S/C14H27N5/c1-11-13(14(17(2)3)19(5)16-11)9-15-12-7-6-8-18(4)10-12/h12,15H,6-10H2,1-5H3/t12-/m1/s1. The summed E-state index contributed by atoms with van der Waals surface area (Å²) in [5.41, 5.74) is 2.45. The molecule has 0 bridgehead atoms. The lowest BCUT2D eigenvalue weighted by Crippen LogP contribution is -2.43. The number of nitrogens with zero attached hydrogens (tertiary/aromatic N) is 4. The molecule has 0 aliphatic carbocycles. The minimum absolute atomic E-state index is 0.605. The van der Waals surface area contributed by atoms with E-state index in [1.165, 1.54) is 30.8 Å². The third-order valence-electron chi connectivity index (χ3n) is 3.93. The van der Waals surface area contributed by atoms with Crippen LogP contribution in [-0.2, 0) is 13.6 Å². The third-order valence-corrected chi connectivity index (χ3v) is 3.93. The Morgan fingerprint density at radius 2 is 2.11 bits per heavy atom. The van der Waals surface area contributed by atoms with Gasteiger partial charge in [-0.05, 0) is 33.4 Å². The van der Waals surface area contributed by atoms with Crippen LogP contribution in [0.5, 0.6) is 0 Å². The Morgan fingerprint density at radius 1 is 1.37 bits per heavy atom. The number of likely N-dealkylation sites (N-methyl/N-ethyl adjacent to an activating group) is 1. The van der Waals surface area contributed by atoms with Crippen molar-refractivity contribution in [2.24, 2.45) is 7.05 Å². The summed E-state index contributed by atoms with van der Waals surface area (Å²) < 4.78 is 1.97. The number of aromatic nitrogens is 2. The third kappa shape index (κ3) is 3.28. The highest BCUT2D eigenvalue weighted by molar-refractivity contribution is 5.48. The second kappa shape index (κ2) is 5.92. The largest absolute Gasteiger partial charge is 0.363 e. The molecule has 0 spiro atoms. The molecule has 1 N–H and O–H groups in total. The van der Waals surface area contributed by atoms with Crippen molar-refractivity contribution in [2.75, 3.05) is 39.1 Å². The molecule has 0 radical (unpaired) electrons. The highest BCUT2D eigenvalue weighted by Gasteiger charge is 2.19. The van der Waals surface area contributed by atoms with Gasteiger partial charge in [0.15, 0.2) is 0 Å². The molecule has 1 fully saturated rings. The molecule has 1 atom stereocenters. The van der Waals surface area contributed by atoms with Crippen molar-refractivity contribution in [1.82, 2.24) is 20.0 Å². The van der Waals surface area contributed by atoms with Crippen molar-refractivity contribution >= 4 is 5.82 Å². The van der Waals surface area contributed by atoms with E-state index in [-0.39, 0.29) is 0 Å². The van der Waals surface area contributed by atoms with E-state index in [1.807, 2.05) is 11.7 Å². The molecule has 2 rings (SSSR count). The first-order valence-corrected chi connectivity index (χ1v) is 7.10. The van der Waals surface area contributed by atoms with Gasteiger partial charge in [0.1, 0.15) is 5.82 Å². The first kappa shape index (κ1) is 14.3. The maximum absolute atomic E-state index is 4.54. The molecule has 1 aliphatic heterocycles. The zero-order chi connectivity index (χ0) is 14.0. The Bertz CT molecular complexity index is 424. The molecule has 0 unspecified atom stereocenters. The van der Waals surface area contributed by atoms with Crippen molar-refractivity contribution in [3.05, 3.63) is 11.3 Å². The zero-order valence-corrected chi connectivity index (χ0v) is 12.9. The molecule has 5 nitrogen and oxygen atoms in total. The summed E-state index contributed by atoms with van der Waals surface area (Å²) in [5.74, 6) is 1.20. The van der Waals surface area contributed by atoms with E-state index >= 15 is 0 Å². The fourth-order valence-corrected chi connectivity index (χ4v) is 3.04. The van der Waals surface area contributed by atoms with E-state index in [9.17, 15) is 0 Å². The Hall–Kier alpha value is -1.07. The highest BCUT2D eigenvalue weighted by Crippen LogP contribution is 2.21. The number of piperidine rings is 1. The molecule has 0 saturated carbocycles. The van der Waals surface area contributed by atoms with Crippen LogP contribution < -0.4 is 10.2 Å². The second-order valence-corrected chi connectivity index (χ2v) is 5.89. The van der Waals surface area contributed by atoms with Gasteiger partial charge in [0.2, 0.25) is 0 Å². The number of hydrogen-bond acceptors (Lipinski definition) is 4. The predicted octanol–water partition coefficient (Wildman–Crippen LogP) is 0.978. The van der Waals surface area contributed by atoms with Gasteiger partial charge in [-0.3, -0.25) is 4.68 Å². The topological polar surface area (TPSA) is 36.3 Å². The Labute approximate surface area is 116 Å². The first-order valence-electron chi connectivity index (χ1n) is 7.10. The number of nitrogens with one attached hydrogen (secondary N) is 1. The van der Waals surface area contributed by atoms with Crippen LogP contribution in [0.2, 0.25) is 0 Å². The van der Waals surface area contributed by atoms with E-state index in [0.29, 0.717) is 6.04 Å². The van der Waals surface area contributed by atoms with Crippen LogP contribution in [0.25, 0.3) is 0 Å². The molecule has 1 saturated heterocycles. The van der Waals surface area contributed by atoms with Gasteiger partial charge in [0, 0.05) is 45.8 Å². The molecular formula is C14H27N5. The minimum Gasteiger partial charge on any atom is -0.363 e. The molecule has 1 aromatic heterocycles. The molecular weight excluding hydrogens is 238 g/mol. The maximum atomic E-state index is 4.54. The Morgan fingerprint density at radius 3 is 2.74 bits per heavy atom. The van der Waals surface area contributed by atoms with Gasteiger partial charge in [0.05, 0.1) is 5.69 Å². The van der Waals surface area contributed by atoms with Crippen molar-refractivity contribution in [2.45, 2.75) is 32.4 Å². The molecule has 108 valence electrons. The van der Waals surface area contributed by atoms with Crippen molar-refractivity contribution < 1.29 is 0 Å². The van der Waals surface area contributed by atoms with E-state index < -0.39 is 0 Å². The monoisotopic (exact) mass is 265 g/mol. The molecule has 1 aliphatic rings. The summed E-state index contributed by atoms with van der Waals surface area (Å²) in [6, 6.07) is 0.605. The molecule has 19 heavy (non-hydrogen) atoms. The van der Waals surface area contributed by atoms with Crippen LogP contribution in [0.3, 0.4) is 0 Å². The number of anilines is 1. The average Bonchev–Trinajstić information content (AvgIpc) is 2.61. The fourth-order valence-electron chi connectivity index (χ4n) is 3.04. The molecule has 0 aromatic carbocycles. The summed E-state index contributed by atoms with van der Waals surface area (Å²) in [4.78, 5) is 4.55. The van der Waals surface area contributed by atoms with Crippen LogP contribution in [0, 0.1) is 6.92 Å². The van der Waals surface area contributed by atoms with E-state index in [2.05, 4.69) is 48.3 Å². The summed E-state index contributed by atoms with van der Waals surface area (Å²) >= 11 is 0. The Kier molecular flexibility index (Phi) is 4.47. The number of likely N-dealkylation sites (tertiary alicyclic amines) is 1. The van der Waals surface area contributed by atoms with Crippen LogP contribution in [0.4, 0.5) is 5.82 Å². The number of rotatable bonds is 4. The number of hydrogen-bond donors (Lipinski definition) is 1. The summed E-state index contributed by atoms with van der Waals surface area (Å²) in [7, 11) is 8.37. The quantitative estimate of drug-likeness (QED) is 0.880. The SMILES string of the molecule is Cc1nn(C)c(N(C)C)c1CN[C@@H]1CCCN(C)C1. The normalized spacial score (nSPS) is 20.8. The summed E-state index contributed by atoms with van der Waals surface area (Å²) in [5, 5.41) is 8.23. The van der Waals surface area contributed by atoms with Crippen LogP contribution in [0.1, 0.15) is 24.1 Å². The minimum atomic E-state index is 0.605. The first-order chi connectivity index (χ1) is 8.99.